The van der Waals surface area contributed by atoms with Gasteiger partial charge < -0.3 is 29.3 Å². The molecule has 4 heterocycles. The van der Waals surface area contributed by atoms with E-state index in [0.29, 0.717) is 36.3 Å². The molecule has 44 heavy (non-hydrogen) atoms. The number of benzene rings is 2. The molecule has 3 saturated heterocycles. The van der Waals surface area contributed by atoms with E-state index in [1.807, 2.05) is 12.1 Å². The van der Waals surface area contributed by atoms with Gasteiger partial charge in [-0.25, -0.2) is 14.4 Å². The number of amides is 1. The van der Waals surface area contributed by atoms with Crippen molar-refractivity contribution in [2.24, 2.45) is 0 Å². The maximum Gasteiger partial charge on any atom is 0.248 e. The molecule has 6 rings (SSSR count). The summed E-state index contributed by atoms with van der Waals surface area (Å²) in [5.41, 5.74) is 2.85. The fraction of sp³-hybridized carbons (Fsp3) is 0.452. The van der Waals surface area contributed by atoms with Gasteiger partial charge >= 0.3 is 0 Å². The van der Waals surface area contributed by atoms with Crippen LogP contribution in [0.15, 0.2) is 48.8 Å². The Morgan fingerprint density at radius 3 is 2.59 bits per heavy atom. The van der Waals surface area contributed by atoms with Crippen LogP contribution in [0.3, 0.4) is 0 Å². The lowest BCUT2D eigenvalue weighted by molar-refractivity contribution is -0.139. The number of methoxy groups -OCH3 is 1. The molecule has 2 aromatic carbocycles. The number of rotatable bonds is 9. The molecule has 0 spiro atoms. The average molecular weight is 603 g/mol. The minimum Gasteiger partial charge on any atom is -0.486 e. The highest BCUT2D eigenvalue weighted by atomic mass is 19.1. The molecule has 0 saturated carbocycles. The van der Waals surface area contributed by atoms with E-state index in [1.54, 1.807) is 18.2 Å². The zero-order valence-electron chi connectivity index (χ0n) is 24.6. The molecule has 230 valence electrons. The van der Waals surface area contributed by atoms with Crippen molar-refractivity contribution in [1.82, 2.24) is 24.8 Å². The number of alkyl halides is 1. The minimum atomic E-state index is -1.39. The van der Waals surface area contributed by atoms with E-state index in [-0.39, 0.29) is 30.4 Å². The van der Waals surface area contributed by atoms with Crippen LogP contribution in [0.2, 0.25) is 0 Å². The van der Waals surface area contributed by atoms with Crippen LogP contribution in [0.25, 0.3) is 11.4 Å². The molecular formula is C31H35FN8O4. The van der Waals surface area contributed by atoms with Gasteiger partial charge in [0.05, 0.1) is 31.4 Å². The Hall–Kier alpha value is -4.38. The van der Waals surface area contributed by atoms with Crippen molar-refractivity contribution in [3.05, 3.63) is 54.4 Å². The average Bonchev–Trinajstić information content (AvgIpc) is 3.02. The monoisotopic (exact) mass is 602 g/mol. The summed E-state index contributed by atoms with van der Waals surface area (Å²) in [6, 6.07) is 15.9. The Labute approximate surface area is 255 Å². The zero-order valence-corrected chi connectivity index (χ0v) is 24.6. The molecule has 1 N–H and O–H groups in total. The van der Waals surface area contributed by atoms with Crippen molar-refractivity contribution in [2.45, 2.75) is 24.7 Å². The molecule has 3 fully saturated rings. The standard InChI is InChI=1S/C31H35FN8O4/c1-42-19-29(41)40-9-8-28(26(32)16-40)44-27-7-2-21(14-22(27)15-33)30-34-20-35-31(37-30)36-23-3-5-24(6-4-23)38-10-12-39(13-11-38)25-17-43-18-25/h2-7,14,20,25-26,28H,8-13,16-19H2,1H3,(H,34,35,36,37). The molecule has 0 aliphatic carbocycles. The number of piperazine rings is 1. The van der Waals surface area contributed by atoms with Crippen molar-refractivity contribution in [1.29, 1.82) is 5.26 Å². The third-order valence-electron chi connectivity index (χ3n) is 8.25. The summed E-state index contributed by atoms with van der Waals surface area (Å²) >= 11 is 0. The van der Waals surface area contributed by atoms with Gasteiger partial charge in [-0.3, -0.25) is 9.69 Å². The Morgan fingerprint density at radius 1 is 1.11 bits per heavy atom. The van der Waals surface area contributed by atoms with E-state index in [2.05, 4.69) is 48.3 Å². The molecule has 2 unspecified atom stereocenters. The number of halogens is 1. The first-order valence-corrected chi connectivity index (χ1v) is 14.8. The molecule has 12 nitrogen and oxygen atoms in total. The number of hydrogen-bond donors (Lipinski definition) is 1. The quantitative estimate of drug-likeness (QED) is 0.388. The van der Waals surface area contributed by atoms with Crippen LogP contribution in [0, 0.1) is 11.3 Å². The van der Waals surface area contributed by atoms with Gasteiger partial charge in [0.15, 0.2) is 12.0 Å². The summed E-state index contributed by atoms with van der Waals surface area (Å²) in [7, 11) is 1.43. The van der Waals surface area contributed by atoms with Crippen molar-refractivity contribution >= 4 is 23.2 Å². The molecule has 2 atom stereocenters. The van der Waals surface area contributed by atoms with Gasteiger partial charge in [0.1, 0.15) is 30.9 Å². The lowest BCUT2D eigenvalue weighted by Gasteiger charge is -2.43. The largest absolute Gasteiger partial charge is 0.486 e. The maximum absolute atomic E-state index is 14.9. The highest BCUT2D eigenvalue weighted by molar-refractivity contribution is 5.77. The molecule has 13 heteroatoms. The number of aromatic nitrogens is 3. The number of ether oxygens (including phenoxy) is 3. The molecule has 1 amide bonds. The number of hydrogen-bond acceptors (Lipinski definition) is 11. The van der Waals surface area contributed by atoms with Gasteiger partial charge in [-0.05, 0) is 42.5 Å². The first kappa shape index (κ1) is 29.7. The molecule has 1 aromatic heterocycles. The number of carbonyl (C=O) groups excluding carboxylic acids is 1. The molecule has 3 aromatic rings. The smallest absolute Gasteiger partial charge is 0.248 e. The Bertz CT molecular complexity index is 1490. The highest BCUT2D eigenvalue weighted by Gasteiger charge is 2.33. The second-order valence-electron chi connectivity index (χ2n) is 11.1. The first-order valence-electron chi connectivity index (χ1n) is 14.8. The van der Waals surface area contributed by atoms with E-state index in [4.69, 9.17) is 14.2 Å². The minimum absolute atomic E-state index is 0.0796. The lowest BCUT2D eigenvalue weighted by atomic mass is 10.0. The number of nitrogens with one attached hydrogen (secondary N) is 1. The Morgan fingerprint density at radius 2 is 1.91 bits per heavy atom. The van der Waals surface area contributed by atoms with E-state index in [9.17, 15) is 14.4 Å². The summed E-state index contributed by atoms with van der Waals surface area (Å²) < 4.78 is 31.0. The Kier molecular flexibility index (Phi) is 9.11. The molecule has 3 aliphatic rings. The molecular weight excluding hydrogens is 567 g/mol. The van der Waals surface area contributed by atoms with Crippen LogP contribution in [-0.2, 0) is 14.3 Å². The zero-order chi connectivity index (χ0) is 30.5. The fourth-order valence-corrected chi connectivity index (χ4v) is 5.64. The number of anilines is 3. The van der Waals surface area contributed by atoms with E-state index in [1.165, 1.54) is 24.0 Å². The number of nitrogens with zero attached hydrogens (tertiary/aromatic N) is 7. The predicted octanol–water partition coefficient (Wildman–Crippen LogP) is 2.64. The summed E-state index contributed by atoms with van der Waals surface area (Å²) in [5.74, 6) is 0.757. The summed E-state index contributed by atoms with van der Waals surface area (Å²) in [4.78, 5) is 31.5. The fourth-order valence-electron chi connectivity index (χ4n) is 5.64. The first-order chi connectivity index (χ1) is 21.5. The van der Waals surface area contributed by atoms with Crippen molar-refractivity contribution < 1.29 is 23.4 Å². The Balaban J connectivity index is 1.07. The second kappa shape index (κ2) is 13.5. The van der Waals surface area contributed by atoms with Crippen LogP contribution in [-0.4, -0.2) is 115 Å². The summed E-state index contributed by atoms with van der Waals surface area (Å²) in [6.07, 6.45) is -0.445. The number of piperidine rings is 1. The van der Waals surface area contributed by atoms with Crippen molar-refractivity contribution in [3.8, 4) is 23.2 Å². The van der Waals surface area contributed by atoms with Crippen LogP contribution < -0.4 is 15.0 Å². The molecule has 3 aliphatic heterocycles. The van der Waals surface area contributed by atoms with Crippen LogP contribution in [0.4, 0.5) is 21.7 Å². The van der Waals surface area contributed by atoms with Crippen LogP contribution >= 0.6 is 0 Å². The van der Waals surface area contributed by atoms with Crippen molar-refractivity contribution in [3.63, 3.8) is 0 Å². The topological polar surface area (TPSA) is 129 Å². The third kappa shape index (κ3) is 6.72. The molecule has 0 bridgehead atoms. The van der Waals surface area contributed by atoms with E-state index < -0.39 is 12.3 Å². The van der Waals surface area contributed by atoms with Crippen molar-refractivity contribution in [2.75, 3.05) is 76.4 Å². The van der Waals surface area contributed by atoms with Crippen LogP contribution in [0.5, 0.6) is 5.75 Å². The molecule has 0 radical (unpaired) electrons. The highest BCUT2D eigenvalue weighted by Crippen LogP contribution is 2.29. The SMILES string of the molecule is COCC(=O)N1CCC(Oc2ccc(-c3ncnc(Nc4ccc(N5CCN(C6COC6)CC5)cc4)n3)cc2C#N)C(F)C1. The van der Waals surface area contributed by atoms with Gasteiger partial charge in [-0.15, -0.1) is 0 Å². The predicted molar refractivity (Wildman–Crippen MR) is 160 cm³/mol. The van der Waals surface area contributed by atoms with E-state index in [0.717, 1.165) is 45.1 Å². The normalized spacial score (nSPS) is 20.9. The maximum atomic E-state index is 14.9. The summed E-state index contributed by atoms with van der Waals surface area (Å²) in [5, 5.41) is 13.0. The number of carbonyl (C=O) groups is 1. The summed E-state index contributed by atoms with van der Waals surface area (Å²) in [6.45, 7) is 5.92. The second-order valence-corrected chi connectivity index (χ2v) is 11.1. The van der Waals surface area contributed by atoms with Gasteiger partial charge in [-0.1, -0.05) is 0 Å². The van der Waals surface area contributed by atoms with E-state index >= 15 is 0 Å². The lowest BCUT2D eigenvalue weighted by Crippen LogP contribution is -2.56. The number of likely N-dealkylation sites (tertiary alicyclic amines) is 1. The van der Waals surface area contributed by atoms with Crippen LogP contribution in [0.1, 0.15) is 12.0 Å². The van der Waals surface area contributed by atoms with Gasteiger partial charge in [0, 0.05) is 63.2 Å². The third-order valence-corrected chi connectivity index (χ3v) is 8.25. The van der Waals surface area contributed by atoms with Gasteiger partial charge in [-0.2, -0.15) is 10.2 Å². The number of nitriles is 1. The van der Waals surface area contributed by atoms with Gasteiger partial charge in [0.25, 0.3) is 0 Å². The van der Waals surface area contributed by atoms with Gasteiger partial charge in [0.2, 0.25) is 11.9 Å².